The minimum absolute atomic E-state index is 0.207. The first kappa shape index (κ1) is 27.8. The number of hydrogen-bond acceptors (Lipinski definition) is 6. The molecule has 0 spiro atoms. The molecule has 0 unspecified atom stereocenters. The Bertz CT molecular complexity index is 1440. The number of imide groups is 1. The van der Waals surface area contributed by atoms with Gasteiger partial charge in [-0.15, -0.1) is 0 Å². The highest BCUT2D eigenvalue weighted by Crippen LogP contribution is 2.39. The van der Waals surface area contributed by atoms with Crippen molar-refractivity contribution in [2.24, 2.45) is 0 Å². The quantitative estimate of drug-likeness (QED) is 0.275. The number of anilines is 1. The summed E-state index contributed by atoms with van der Waals surface area (Å²) in [6.45, 7) is 3.77. The second-order valence-electron chi connectivity index (χ2n) is 8.58. The van der Waals surface area contributed by atoms with E-state index in [4.69, 9.17) is 21.1 Å². The number of ether oxygens (including phenoxy) is 2. The van der Waals surface area contributed by atoms with Crippen LogP contribution in [0, 0.1) is 13.8 Å². The van der Waals surface area contributed by atoms with Gasteiger partial charge in [0.1, 0.15) is 13.2 Å². The molecule has 0 aromatic heterocycles. The molecule has 3 aromatic carbocycles. The van der Waals surface area contributed by atoms with E-state index < -0.39 is 17.1 Å². The largest absolute Gasteiger partial charge is 0.493 e. The van der Waals surface area contributed by atoms with Gasteiger partial charge in [0.05, 0.1) is 16.5 Å². The fourth-order valence-electron chi connectivity index (χ4n) is 3.77. The van der Waals surface area contributed by atoms with E-state index in [2.05, 4.69) is 21.2 Å². The highest BCUT2D eigenvalue weighted by Gasteiger charge is 2.36. The Kier molecular flexibility index (Phi) is 8.81. The van der Waals surface area contributed by atoms with Gasteiger partial charge in [0, 0.05) is 10.7 Å². The average molecular weight is 616 g/mol. The van der Waals surface area contributed by atoms with Crippen LogP contribution in [0.5, 0.6) is 11.5 Å². The molecule has 0 saturated carbocycles. The van der Waals surface area contributed by atoms with E-state index in [1.54, 1.807) is 36.4 Å². The molecule has 10 heteroatoms. The van der Waals surface area contributed by atoms with E-state index in [-0.39, 0.29) is 11.4 Å². The Hall–Kier alpha value is -3.27. The molecule has 1 heterocycles. The predicted octanol–water partition coefficient (Wildman–Crippen LogP) is 6.98. The van der Waals surface area contributed by atoms with E-state index in [1.165, 1.54) is 7.11 Å². The van der Waals surface area contributed by atoms with Crippen molar-refractivity contribution in [3.05, 3.63) is 91.3 Å². The molecule has 0 aliphatic carbocycles. The molecule has 1 aliphatic rings. The van der Waals surface area contributed by atoms with Gasteiger partial charge < -0.3 is 14.8 Å². The summed E-state index contributed by atoms with van der Waals surface area (Å²) in [5.74, 6) is -0.0384. The zero-order valence-electron chi connectivity index (χ0n) is 20.8. The van der Waals surface area contributed by atoms with Crippen molar-refractivity contribution in [2.75, 3.05) is 19.0 Å². The smallest absolute Gasteiger partial charge is 0.294 e. The lowest BCUT2D eigenvalue weighted by Crippen LogP contribution is -2.36. The van der Waals surface area contributed by atoms with Crippen molar-refractivity contribution >= 4 is 68.1 Å². The van der Waals surface area contributed by atoms with Crippen molar-refractivity contribution in [3.63, 3.8) is 0 Å². The summed E-state index contributed by atoms with van der Waals surface area (Å²) in [5.41, 5.74) is 4.16. The van der Waals surface area contributed by atoms with E-state index in [1.807, 2.05) is 38.1 Å². The molecule has 38 heavy (non-hydrogen) atoms. The summed E-state index contributed by atoms with van der Waals surface area (Å²) in [6.07, 6.45) is 1.59. The van der Waals surface area contributed by atoms with Gasteiger partial charge in [0.25, 0.3) is 11.1 Å². The van der Waals surface area contributed by atoms with Crippen molar-refractivity contribution in [1.82, 2.24) is 4.90 Å². The van der Waals surface area contributed by atoms with Gasteiger partial charge in [-0.1, -0.05) is 41.4 Å². The van der Waals surface area contributed by atoms with E-state index >= 15 is 0 Å². The van der Waals surface area contributed by atoms with Crippen molar-refractivity contribution < 1.29 is 23.9 Å². The van der Waals surface area contributed by atoms with Crippen molar-refractivity contribution in [2.45, 2.75) is 20.5 Å². The summed E-state index contributed by atoms with van der Waals surface area (Å²) in [6, 6.07) is 16.4. The van der Waals surface area contributed by atoms with Gasteiger partial charge in [-0.2, -0.15) is 0 Å². The number of nitrogens with zero attached hydrogens (tertiary/aromatic N) is 1. The third-order valence-corrected chi connectivity index (χ3v) is 7.43. The standard InChI is InChI=1S/C28H24BrClN2O5S/c1-16-4-9-22(17(2)10-16)31-25(33)14-32-27(34)24(38-28(32)35)13-19-11-21(29)26(23(12-19)36-3)37-15-18-5-7-20(30)8-6-18/h4-13H,14-15H2,1-3H3,(H,31,33)/b24-13+. The average Bonchev–Trinajstić information content (AvgIpc) is 3.13. The normalized spacial score (nSPS) is 14.2. The highest BCUT2D eigenvalue weighted by atomic mass is 79.9. The number of hydrogen-bond donors (Lipinski definition) is 1. The predicted molar refractivity (Wildman–Crippen MR) is 154 cm³/mol. The number of carbonyl (C=O) groups is 3. The van der Waals surface area contributed by atoms with Gasteiger partial charge in [0.2, 0.25) is 5.91 Å². The summed E-state index contributed by atoms with van der Waals surface area (Å²) >= 11 is 10.2. The molecule has 7 nitrogen and oxygen atoms in total. The molecule has 196 valence electrons. The Balaban J connectivity index is 1.46. The molecule has 1 aliphatic heterocycles. The first-order valence-corrected chi connectivity index (χ1v) is 13.5. The van der Waals surface area contributed by atoms with Gasteiger partial charge in [-0.25, -0.2) is 0 Å². The molecule has 1 saturated heterocycles. The minimum atomic E-state index is -0.533. The molecule has 1 N–H and O–H groups in total. The zero-order valence-corrected chi connectivity index (χ0v) is 24.0. The van der Waals surface area contributed by atoms with Crippen LogP contribution >= 0.6 is 39.3 Å². The minimum Gasteiger partial charge on any atom is -0.493 e. The van der Waals surface area contributed by atoms with Gasteiger partial charge in [-0.05, 0) is 94.6 Å². The van der Waals surface area contributed by atoms with Crippen LogP contribution in [0.4, 0.5) is 10.5 Å². The molecule has 0 radical (unpaired) electrons. The number of rotatable bonds is 8. The number of nitrogens with one attached hydrogen (secondary N) is 1. The fraction of sp³-hybridized carbons (Fsp3) is 0.179. The summed E-state index contributed by atoms with van der Waals surface area (Å²) in [7, 11) is 1.52. The molecule has 3 aromatic rings. The number of halogens is 2. The third kappa shape index (κ3) is 6.59. The Morgan fingerprint density at radius 3 is 2.53 bits per heavy atom. The Morgan fingerprint density at radius 2 is 1.84 bits per heavy atom. The van der Waals surface area contributed by atoms with Crippen LogP contribution in [-0.4, -0.2) is 35.6 Å². The second-order valence-corrected chi connectivity index (χ2v) is 10.9. The lowest BCUT2D eigenvalue weighted by Gasteiger charge is -2.14. The second kappa shape index (κ2) is 12.1. The van der Waals surface area contributed by atoms with Crippen LogP contribution in [0.15, 0.2) is 64.0 Å². The summed E-state index contributed by atoms with van der Waals surface area (Å²) in [5, 5.41) is 2.90. The lowest BCUT2D eigenvalue weighted by molar-refractivity contribution is -0.127. The molecule has 0 atom stereocenters. The summed E-state index contributed by atoms with van der Waals surface area (Å²) < 4.78 is 12.1. The van der Waals surface area contributed by atoms with Crippen LogP contribution in [0.2, 0.25) is 5.02 Å². The monoisotopic (exact) mass is 614 g/mol. The number of amides is 3. The number of aryl methyl sites for hydroxylation is 2. The third-order valence-electron chi connectivity index (χ3n) is 5.68. The zero-order chi connectivity index (χ0) is 27.4. The molecule has 3 amide bonds. The van der Waals surface area contributed by atoms with E-state index in [9.17, 15) is 14.4 Å². The van der Waals surface area contributed by atoms with Gasteiger partial charge in [-0.3, -0.25) is 19.3 Å². The van der Waals surface area contributed by atoms with Gasteiger partial charge in [0.15, 0.2) is 11.5 Å². The number of benzene rings is 3. The maximum absolute atomic E-state index is 13.0. The maximum atomic E-state index is 13.0. The van der Waals surface area contributed by atoms with Crippen LogP contribution in [0.3, 0.4) is 0 Å². The summed E-state index contributed by atoms with van der Waals surface area (Å²) in [4.78, 5) is 39.2. The molecule has 0 bridgehead atoms. The van der Waals surface area contributed by atoms with Gasteiger partial charge >= 0.3 is 0 Å². The van der Waals surface area contributed by atoms with Crippen molar-refractivity contribution in [3.8, 4) is 11.5 Å². The van der Waals surface area contributed by atoms with E-state index in [0.717, 1.165) is 33.4 Å². The number of methoxy groups -OCH3 is 1. The number of thioether (sulfide) groups is 1. The molecular weight excluding hydrogens is 592 g/mol. The molecular formula is C28H24BrClN2O5S. The molecule has 4 rings (SSSR count). The first-order chi connectivity index (χ1) is 18.1. The molecule has 1 fully saturated rings. The van der Waals surface area contributed by atoms with E-state index in [0.29, 0.717) is 38.9 Å². The van der Waals surface area contributed by atoms with Crippen LogP contribution in [-0.2, 0) is 16.2 Å². The SMILES string of the molecule is COc1cc(/C=C2/SC(=O)N(CC(=O)Nc3ccc(C)cc3C)C2=O)cc(Br)c1OCc1ccc(Cl)cc1. The Labute approximate surface area is 238 Å². The number of carbonyl (C=O) groups excluding carboxylic acids is 3. The maximum Gasteiger partial charge on any atom is 0.294 e. The van der Waals surface area contributed by atoms with Crippen molar-refractivity contribution in [1.29, 1.82) is 0 Å². The Morgan fingerprint density at radius 1 is 1.11 bits per heavy atom. The first-order valence-electron chi connectivity index (χ1n) is 11.5. The highest BCUT2D eigenvalue weighted by molar-refractivity contribution is 9.10. The van der Waals surface area contributed by atoms with Crippen LogP contribution in [0.1, 0.15) is 22.3 Å². The van der Waals surface area contributed by atoms with Crippen LogP contribution in [0.25, 0.3) is 6.08 Å². The topological polar surface area (TPSA) is 84.9 Å². The fourth-order valence-corrected chi connectivity index (χ4v) is 5.31. The lowest BCUT2D eigenvalue weighted by atomic mass is 10.1. The van der Waals surface area contributed by atoms with Crippen LogP contribution < -0.4 is 14.8 Å².